The lowest BCUT2D eigenvalue weighted by Gasteiger charge is -2.27. The molecule has 1 amide bonds. The van der Waals surface area contributed by atoms with E-state index in [1.54, 1.807) is 18.1 Å². The third-order valence-electron chi connectivity index (χ3n) is 8.07. The molecule has 1 saturated heterocycles. The molecular formula is C33H44N4O5. The van der Waals surface area contributed by atoms with Gasteiger partial charge in [0.25, 0.3) is 11.7 Å². The largest absolute Gasteiger partial charge is 0.505 e. The normalized spacial score (nSPS) is 16.8. The molecule has 1 fully saturated rings. The van der Waals surface area contributed by atoms with Crippen LogP contribution in [0, 0.1) is 19.8 Å². The maximum Gasteiger partial charge on any atom is 0.295 e. The van der Waals surface area contributed by atoms with Crippen LogP contribution in [0.25, 0.3) is 11.4 Å². The molecule has 42 heavy (non-hydrogen) atoms. The van der Waals surface area contributed by atoms with Gasteiger partial charge < -0.3 is 28.8 Å². The minimum atomic E-state index is -0.800. The number of carbonyl (C=O) groups excluding carboxylic acids is 2. The number of aliphatic hydroxyl groups is 1. The van der Waals surface area contributed by atoms with Gasteiger partial charge in [0.1, 0.15) is 11.3 Å². The first-order valence-electron chi connectivity index (χ1n) is 14.9. The predicted octanol–water partition coefficient (Wildman–Crippen LogP) is 5.54. The average Bonchev–Trinajstić information content (AvgIpc) is 3.45. The van der Waals surface area contributed by atoms with Crippen molar-refractivity contribution in [1.29, 1.82) is 0 Å². The molecule has 3 heterocycles. The van der Waals surface area contributed by atoms with Crippen molar-refractivity contribution in [1.82, 2.24) is 19.2 Å². The van der Waals surface area contributed by atoms with Gasteiger partial charge in [-0.3, -0.25) is 9.59 Å². The molecule has 1 aliphatic rings. The summed E-state index contributed by atoms with van der Waals surface area (Å²) in [5, 5.41) is 11.7. The van der Waals surface area contributed by atoms with Gasteiger partial charge in [0, 0.05) is 12.7 Å². The Hall–Kier alpha value is -3.85. The molecule has 1 atom stereocenters. The minimum Gasteiger partial charge on any atom is -0.505 e. The van der Waals surface area contributed by atoms with Crippen LogP contribution >= 0.6 is 0 Å². The first kappa shape index (κ1) is 31.1. The number of ether oxygens (including phenoxy) is 2. The molecule has 0 saturated carbocycles. The molecule has 0 radical (unpaired) electrons. The number of imidazole rings is 1. The molecule has 0 aliphatic carbocycles. The number of likely N-dealkylation sites (tertiary alicyclic amines) is 1. The van der Waals surface area contributed by atoms with Crippen molar-refractivity contribution in [3.8, 4) is 11.5 Å². The highest BCUT2D eigenvalue weighted by Crippen LogP contribution is 2.42. The number of fused-ring (bicyclic) bond motifs is 1. The zero-order valence-electron chi connectivity index (χ0n) is 25.9. The molecule has 1 unspecified atom stereocenters. The number of ketones is 1. The molecule has 1 aliphatic heterocycles. The molecule has 1 N–H and O–H groups in total. The van der Waals surface area contributed by atoms with Gasteiger partial charge >= 0.3 is 0 Å². The summed E-state index contributed by atoms with van der Waals surface area (Å²) in [6.07, 6.45) is 3.45. The van der Waals surface area contributed by atoms with Crippen LogP contribution in [0.15, 0.2) is 42.1 Å². The molecule has 0 spiro atoms. The Morgan fingerprint density at radius 1 is 1.12 bits per heavy atom. The second-order valence-electron chi connectivity index (χ2n) is 11.2. The number of benzene rings is 1. The lowest BCUT2D eigenvalue weighted by atomic mass is 9.96. The summed E-state index contributed by atoms with van der Waals surface area (Å²) in [7, 11) is 1.57. The number of aryl methyl sites for hydroxylation is 2. The summed E-state index contributed by atoms with van der Waals surface area (Å²) in [6.45, 7) is 15.8. The molecule has 4 rings (SSSR count). The van der Waals surface area contributed by atoms with E-state index >= 15 is 0 Å². The van der Waals surface area contributed by atoms with E-state index in [0.717, 1.165) is 31.6 Å². The van der Waals surface area contributed by atoms with E-state index in [9.17, 15) is 14.7 Å². The van der Waals surface area contributed by atoms with Crippen LogP contribution in [0.5, 0.6) is 11.5 Å². The van der Waals surface area contributed by atoms with E-state index < -0.39 is 17.7 Å². The Kier molecular flexibility index (Phi) is 9.93. The Morgan fingerprint density at radius 2 is 1.86 bits per heavy atom. The maximum absolute atomic E-state index is 13.6. The molecule has 9 nitrogen and oxygen atoms in total. The second kappa shape index (κ2) is 13.4. The van der Waals surface area contributed by atoms with Crippen molar-refractivity contribution in [3.05, 3.63) is 64.6 Å². The van der Waals surface area contributed by atoms with Crippen LogP contribution in [0.2, 0.25) is 0 Å². The lowest BCUT2D eigenvalue weighted by Crippen LogP contribution is -2.33. The molecule has 2 aromatic heterocycles. The third-order valence-corrected chi connectivity index (χ3v) is 8.07. The highest BCUT2D eigenvalue weighted by molar-refractivity contribution is 6.46. The van der Waals surface area contributed by atoms with Crippen molar-refractivity contribution in [2.24, 2.45) is 5.92 Å². The maximum atomic E-state index is 13.6. The van der Waals surface area contributed by atoms with E-state index in [0.29, 0.717) is 53.9 Å². The molecule has 3 aromatic rings. The first-order valence-corrected chi connectivity index (χ1v) is 14.9. The number of hydrogen-bond donors (Lipinski definition) is 1. The van der Waals surface area contributed by atoms with Crippen LogP contribution < -0.4 is 9.47 Å². The Labute approximate surface area is 248 Å². The van der Waals surface area contributed by atoms with Gasteiger partial charge in [0.15, 0.2) is 17.3 Å². The summed E-state index contributed by atoms with van der Waals surface area (Å²) in [4.78, 5) is 35.7. The fourth-order valence-electron chi connectivity index (χ4n) is 5.51. The topological polar surface area (TPSA) is 96.6 Å². The number of pyridine rings is 1. The smallest absolute Gasteiger partial charge is 0.295 e. The second-order valence-corrected chi connectivity index (χ2v) is 11.2. The number of aliphatic hydroxyl groups excluding tert-OH is 1. The van der Waals surface area contributed by atoms with E-state index in [-0.39, 0.29) is 17.0 Å². The molecule has 0 bridgehead atoms. The van der Waals surface area contributed by atoms with Gasteiger partial charge in [0.05, 0.1) is 31.0 Å². The van der Waals surface area contributed by atoms with Gasteiger partial charge in [-0.2, -0.15) is 0 Å². The summed E-state index contributed by atoms with van der Waals surface area (Å²) >= 11 is 0. The van der Waals surface area contributed by atoms with Gasteiger partial charge in [-0.1, -0.05) is 39.8 Å². The van der Waals surface area contributed by atoms with Crippen molar-refractivity contribution in [2.45, 2.75) is 60.4 Å². The van der Waals surface area contributed by atoms with E-state index in [2.05, 4.69) is 32.6 Å². The molecule has 1 aromatic carbocycles. The number of methoxy groups -OCH3 is 1. The van der Waals surface area contributed by atoms with Gasteiger partial charge in [-0.15, -0.1) is 0 Å². The number of hydrogen-bond acceptors (Lipinski definition) is 7. The summed E-state index contributed by atoms with van der Waals surface area (Å²) < 4.78 is 13.5. The van der Waals surface area contributed by atoms with Gasteiger partial charge in [-0.05, 0) is 81.6 Å². The highest BCUT2D eigenvalue weighted by atomic mass is 16.5. The lowest BCUT2D eigenvalue weighted by molar-refractivity contribution is -0.140. The zero-order chi connectivity index (χ0) is 30.6. The monoisotopic (exact) mass is 576 g/mol. The number of carbonyl (C=O) groups is 2. The zero-order valence-corrected chi connectivity index (χ0v) is 25.9. The number of Topliss-reactive ketones (excluding diaryl/α,β-unsaturated/α-hetero) is 1. The molecule has 226 valence electrons. The predicted molar refractivity (Wildman–Crippen MR) is 164 cm³/mol. The van der Waals surface area contributed by atoms with Crippen LogP contribution in [0.1, 0.15) is 69.1 Å². The Balaban J connectivity index is 1.81. The van der Waals surface area contributed by atoms with Gasteiger partial charge in [-0.25, -0.2) is 4.98 Å². The molecular weight excluding hydrogens is 532 g/mol. The van der Waals surface area contributed by atoms with Crippen molar-refractivity contribution in [3.63, 3.8) is 0 Å². The number of nitrogens with zero attached hydrogens (tertiary/aromatic N) is 4. The molecule has 9 heteroatoms. The Bertz CT molecular complexity index is 1470. The summed E-state index contributed by atoms with van der Waals surface area (Å²) in [5.41, 5.74) is 3.28. The summed E-state index contributed by atoms with van der Waals surface area (Å²) in [6, 6.07) is 8.50. The van der Waals surface area contributed by atoms with Crippen molar-refractivity contribution >= 4 is 23.1 Å². The van der Waals surface area contributed by atoms with Gasteiger partial charge in [0.2, 0.25) is 0 Å². The van der Waals surface area contributed by atoms with Crippen LogP contribution in [0.3, 0.4) is 0 Å². The SMILES string of the molecule is CCN(CC)CCCN1C(=O)C(=O)C(=C(O)c2nc3c(C)cccn3c2C)C1c1ccc(OCCC(C)C)c(OC)c1. The third kappa shape index (κ3) is 6.16. The van der Waals surface area contributed by atoms with Crippen LogP contribution in [-0.2, 0) is 9.59 Å². The number of rotatable bonds is 13. The van der Waals surface area contributed by atoms with E-state index in [1.807, 2.05) is 48.7 Å². The van der Waals surface area contributed by atoms with Crippen LogP contribution in [0.4, 0.5) is 0 Å². The number of aromatic nitrogens is 2. The Morgan fingerprint density at radius 3 is 2.50 bits per heavy atom. The first-order chi connectivity index (χ1) is 20.1. The average molecular weight is 577 g/mol. The standard InChI is InChI=1S/C33H44N4O5/c1-8-35(9-2)16-11-18-37-29(24-13-14-25(26(20-24)41-7)42-19-15-21(3)4)27(31(39)33(37)40)30(38)28-23(6)36-17-10-12-22(5)32(36)34-28/h10,12-14,17,20-21,29,38H,8-9,11,15-16,18-19H2,1-7H3. The summed E-state index contributed by atoms with van der Waals surface area (Å²) in [5.74, 6) is -0.0316. The highest BCUT2D eigenvalue weighted by Gasteiger charge is 2.46. The van der Waals surface area contributed by atoms with Crippen molar-refractivity contribution in [2.75, 3.05) is 39.9 Å². The number of amides is 1. The quantitative estimate of drug-likeness (QED) is 0.162. The minimum absolute atomic E-state index is 0.0301. The van der Waals surface area contributed by atoms with Crippen molar-refractivity contribution < 1.29 is 24.2 Å². The fourth-order valence-corrected chi connectivity index (χ4v) is 5.51. The van der Waals surface area contributed by atoms with E-state index in [4.69, 9.17) is 14.5 Å². The van der Waals surface area contributed by atoms with Crippen LogP contribution in [-0.4, -0.2) is 75.9 Å². The van der Waals surface area contributed by atoms with E-state index in [1.165, 1.54) is 0 Å². The fraction of sp³-hybridized carbons (Fsp3) is 0.485.